The minimum atomic E-state index is -0.866. The van der Waals surface area contributed by atoms with Gasteiger partial charge in [0.05, 0.1) is 35.0 Å². The number of hydrogen-bond donors (Lipinski definition) is 1. The number of rotatable bonds is 8. The molecule has 194 valence electrons. The van der Waals surface area contributed by atoms with Crippen LogP contribution in [0.3, 0.4) is 0 Å². The lowest BCUT2D eigenvalue weighted by Crippen LogP contribution is -2.29. The maximum absolute atomic E-state index is 13.5. The number of fused-ring (bicyclic) bond motifs is 1. The standard InChI is InChI=1S/C29H25BrN2O5S/c1-3-14-37-20-7-5-6-18(15-20)26(33)24-25(17-8-10-19(30)11-9-17)32(28(35)27(24)34)29-31-22-13-12-21(36-4-2)16-23(22)38-29/h5-13,15-16,25,33H,3-4,14H2,1-2H3/b26-24+. The molecular formula is C29H25BrN2O5S. The number of nitrogens with zero attached hydrogens (tertiary/aromatic N) is 2. The van der Waals surface area contributed by atoms with Crippen LogP contribution < -0.4 is 14.4 Å². The van der Waals surface area contributed by atoms with Crippen LogP contribution in [0.1, 0.15) is 37.4 Å². The van der Waals surface area contributed by atoms with Gasteiger partial charge in [0.15, 0.2) is 5.13 Å². The van der Waals surface area contributed by atoms with E-state index >= 15 is 0 Å². The van der Waals surface area contributed by atoms with Gasteiger partial charge in [0.2, 0.25) is 0 Å². The Morgan fingerprint density at radius 1 is 1.03 bits per heavy atom. The molecule has 1 atom stereocenters. The number of anilines is 1. The van der Waals surface area contributed by atoms with Gasteiger partial charge < -0.3 is 14.6 Å². The molecule has 9 heteroatoms. The van der Waals surface area contributed by atoms with Crippen molar-refractivity contribution in [2.75, 3.05) is 18.1 Å². The predicted octanol–water partition coefficient (Wildman–Crippen LogP) is 6.87. The lowest BCUT2D eigenvalue weighted by molar-refractivity contribution is -0.132. The molecule has 5 rings (SSSR count). The minimum absolute atomic E-state index is 0.000717. The van der Waals surface area contributed by atoms with Crippen molar-refractivity contribution in [2.45, 2.75) is 26.3 Å². The van der Waals surface area contributed by atoms with Crippen LogP contribution >= 0.6 is 27.3 Å². The van der Waals surface area contributed by atoms with E-state index in [4.69, 9.17) is 9.47 Å². The lowest BCUT2D eigenvalue weighted by Gasteiger charge is -2.23. The van der Waals surface area contributed by atoms with E-state index in [2.05, 4.69) is 20.9 Å². The molecule has 0 aliphatic carbocycles. The first kappa shape index (κ1) is 25.9. The summed E-state index contributed by atoms with van der Waals surface area (Å²) in [5, 5.41) is 11.8. The predicted molar refractivity (Wildman–Crippen MR) is 152 cm³/mol. The first-order valence-electron chi connectivity index (χ1n) is 12.2. The smallest absolute Gasteiger partial charge is 0.301 e. The van der Waals surface area contributed by atoms with Crippen LogP contribution in [0.2, 0.25) is 0 Å². The number of halogens is 1. The van der Waals surface area contributed by atoms with Crippen molar-refractivity contribution in [2.24, 2.45) is 0 Å². The molecule has 4 aromatic rings. The Hall–Kier alpha value is -3.69. The first-order chi connectivity index (χ1) is 18.4. The van der Waals surface area contributed by atoms with E-state index in [-0.39, 0.29) is 11.3 Å². The number of ether oxygens (including phenoxy) is 2. The van der Waals surface area contributed by atoms with Crippen LogP contribution in [0.4, 0.5) is 5.13 Å². The Morgan fingerprint density at radius 2 is 1.79 bits per heavy atom. The van der Waals surface area contributed by atoms with Crippen molar-refractivity contribution in [3.05, 3.63) is 87.9 Å². The number of carbonyl (C=O) groups excluding carboxylic acids is 2. The summed E-state index contributed by atoms with van der Waals surface area (Å²) < 4.78 is 13.0. The zero-order chi connectivity index (χ0) is 26.8. The summed E-state index contributed by atoms with van der Waals surface area (Å²) in [5.74, 6) is -0.513. The van der Waals surface area contributed by atoms with Gasteiger partial charge in [-0.3, -0.25) is 14.5 Å². The molecule has 1 fully saturated rings. The molecular weight excluding hydrogens is 568 g/mol. The number of aliphatic hydroxyl groups is 1. The zero-order valence-corrected chi connectivity index (χ0v) is 23.2. The molecule has 1 unspecified atom stereocenters. The molecule has 0 radical (unpaired) electrons. The fourth-order valence-electron chi connectivity index (χ4n) is 4.35. The largest absolute Gasteiger partial charge is 0.507 e. The quantitative estimate of drug-likeness (QED) is 0.136. The summed E-state index contributed by atoms with van der Waals surface area (Å²) in [4.78, 5) is 33.0. The molecule has 2 heterocycles. The molecule has 38 heavy (non-hydrogen) atoms. The van der Waals surface area contributed by atoms with Crippen LogP contribution in [0.5, 0.6) is 11.5 Å². The number of ketones is 1. The summed E-state index contributed by atoms with van der Waals surface area (Å²) in [6.45, 7) is 4.96. The molecule has 1 amide bonds. The molecule has 0 saturated carbocycles. The fraction of sp³-hybridized carbons (Fsp3) is 0.207. The Bertz CT molecular complexity index is 1550. The van der Waals surface area contributed by atoms with Gasteiger partial charge in [-0.2, -0.15) is 0 Å². The maximum Gasteiger partial charge on any atom is 0.301 e. The third-order valence-electron chi connectivity index (χ3n) is 6.08. The number of hydrogen-bond acceptors (Lipinski definition) is 7. The SMILES string of the molecule is CCCOc1cccc(/C(O)=C2\C(=O)C(=O)N(c3nc4ccc(OCC)cc4s3)C2c2ccc(Br)cc2)c1. The normalized spacial score (nSPS) is 16.8. The van der Waals surface area contributed by atoms with Gasteiger partial charge in [0, 0.05) is 10.0 Å². The van der Waals surface area contributed by atoms with E-state index < -0.39 is 17.7 Å². The second-order valence-corrected chi connectivity index (χ2v) is 10.6. The topological polar surface area (TPSA) is 89.0 Å². The van der Waals surface area contributed by atoms with E-state index in [1.54, 1.807) is 24.3 Å². The average molecular weight is 593 g/mol. The summed E-state index contributed by atoms with van der Waals surface area (Å²) in [6.07, 6.45) is 0.832. The second kappa shape index (κ2) is 11.0. The molecule has 1 N–H and O–H groups in total. The summed E-state index contributed by atoms with van der Waals surface area (Å²) in [6, 6.07) is 18.9. The van der Waals surface area contributed by atoms with E-state index in [0.29, 0.717) is 46.5 Å². The van der Waals surface area contributed by atoms with Crippen molar-refractivity contribution >= 4 is 60.1 Å². The lowest BCUT2D eigenvalue weighted by atomic mass is 9.95. The van der Waals surface area contributed by atoms with Gasteiger partial charge in [-0.05, 0) is 61.4 Å². The van der Waals surface area contributed by atoms with E-state index in [0.717, 1.165) is 15.6 Å². The third kappa shape index (κ3) is 4.91. The van der Waals surface area contributed by atoms with Gasteiger partial charge >= 0.3 is 5.91 Å². The molecule has 1 saturated heterocycles. The zero-order valence-electron chi connectivity index (χ0n) is 20.8. The van der Waals surface area contributed by atoms with Crippen LogP contribution in [-0.2, 0) is 9.59 Å². The molecule has 0 bridgehead atoms. The summed E-state index contributed by atoms with van der Waals surface area (Å²) in [5.41, 5.74) is 1.75. The van der Waals surface area contributed by atoms with Crippen molar-refractivity contribution in [3.8, 4) is 11.5 Å². The molecule has 0 spiro atoms. The molecule has 7 nitrogen and oxygen atoms in total. The highest BCUT2D eigenvalue weighted by Crippen LogP contribution is 2.45. The van der Waals surface area contributed by atoms with Crippen LogP contribution in [0.25, 0.3) is 16.0 Å². The number of amides is 1. The monoisotopic (exact) mass is 592 g/mol. The maximum atomic E-state index is 13.5. The Balaban J connectivity index is 1.65. The Morgan fingerprint density at radius 3 is 2.53 bits per heavy atom. The van der Waals surface area contributed by atoms with Gasteiger partial charge in [0.1, 0.15) is 17.3 Å². The highest BCUT2D eigenvalue weighted by molar-refractivity contribution is 9.10. The van der Waals surface area contributed by atoms with Crippen LogP contribution in [0, 0.1) is 0 Å². The van der Waals surface area contributed by atoms with Crippen LogP contribution in [0.15, 0.2) is 76.8 Å². The Labute approximate surface area is 232 Å². The van der Waals surface area contributed by atoms with Crippen molar-refractivity contribution < 1.29 is 24.2 Å². The highest BCUT2D eigenvalue weighted by atomic mass is 79.9. The van der Waals surface area contributed by atoms with Crippen molar-refractivity contribution in [3.63, 3.8) is 0 Å². The number of carbonyl (C=O) groups is 2. The average Bonchev–Trinajstić information content (AvgIpc) is 3.45. The van der Waals surface area contributed by atoms with Gasteiger partial charge in [-0.15, -0.1) is 0 Å². The summed E-state index contributed by atoms with van der Waals surface area (Å²) in [7, 11) is 0. The van der Waals surface area contributed by atoms with Crippen LogP contribution in [-0.4, -0.2) is 35.0 Å². The van der Waals surface area contributed by atoms with Gasteiger partial charge in [-0.25, -0.2) is 4.98 Å². The Kier molecular flexibility index (Phi) is 7.49. The van der Waals surface area contributed by atoms with E-state index in [1.165, 1.54) is 16.2 Å². The van der Waals surface area contributed by atoms with Crippen molar-refractivity contribution in [1.29, 1.82) is 0 Å². The molecule has 1 aliphatic heterocycles. The molecule has 1 aliphatic rings. The number of aromatic nitrogens is 1. The number of aliphatic hydroxyl groups excluding tert-OH is 1. The minimum Gasteiger partial charge on any atom is -0.507 e. The first-order valence-corrected chi connectivity index (χ1v) is 13.8. The highest BCUT2D eigenvalue weighted by Gasteiger charge is 2.48. The van der Waals surface area contributed by atoms with Gasteiger partial charge in [0.25, 0.3) is 5.78 Å². The number of benzene rings is 3. The fourth-order valence-corrected chi connectivity index (χ4v) is 5.64. The number of thiazole rings is 1. The second-order valence-electron chi connectivity index (χ2n) is 8.66. The van der Waals surface area contributed by atoms with E-state index in [9.17, 15) is 14.7 Å². The molecule has 1 aromatic heterocycles. The third-order valence-corrected chi connectivity index (χ3v) is 7.62. The van der Waals surface area contributed by atoms with Gasteiger partial charge in [-0.1, -0.05) is 58.5 Å². The number of Topliss-reactive ketones (excluding diaryl/α,β-unsaturated/α-hetero) is 1. The molecule has 3 aromatic carbocycles. The van der Waals surface area contributed by atoms with Crippen molar-refractivity contribution in [1.82, 2.24) is 4.98 Å². The summed E-state index contributed by atoms with van der Waals surface area (Å²) >= 11 is 4.74. The van der Waals surface area contributed by atoms with E-state index in [1.807, 2.05) is 56.3 Å².